The molecule has 56 valence electrons. The molecule has 0 saturated carbocycles. The van der Waals surface area contributed by atoms with Gasteiger partial charge in [-0.2, -0.15) is 0 Å². The second kappa shape index (κ2) is 4.73. The molecule has 0 rings (SSSR count). The third kappa shape index (κ3) is 5.76. The smallest absolute Gasteiger partial charge is 0.0594 e. The summed E-state index contributed by atoms with van der Waals surface area (Å²) in [6.07, 6.45) is 0. The Morgan fingerprint density at radius 2 is 2.11 bits per heavy atom. The largest absolute Gasteiger partial charge is 0.395 e. The Morgan fingerprint density at radius 1 is 1.56 bits per heavy atom. The second-order valence-electron chi connectivity index (χ2n) is 2.51. The maximum atomic E-state index is 8.48. The van der Waals surface area contributed by atoms with Crippen LogP contribution in [0.25, 0.3) is 0 Å². The zero-order valence-electron chi connectivity index (χ0n) is 6.09. The Hall–Kier alpha value is -0.120. The normalized spacial score (nSPS) is 14.3. The molecule has 1 atom stereocenters. The van der Waals surface area contributed by atoms with Gasteiger partial charge in [-0.1, -0.05) is 13.8 Å². The Bertz CT molecular complexity index is 66.1. The summed E-state index contributed by atoms with van der Waals surface area (Å²) >= 11 is 0. The van der Waals surface area contributed by atoms with E-state index in [0.717, 1.165) is 0 Å². The van der Waals surface area contributed by atoms with E-state index in [1.54, 1.807) is 0 Å². The highest BCUT2D eigenvalue weighted by molar-refractivity contribution is 4.63. The summed E-state index contributed by atoms with van der Waals surface area (Å²) in [6.45, 7) is 4.84. The van der Waals surface area contributed by atoms with Crippen LogP contribution in [0, 0.1) is 0 Å². The predicted octanol–water partition coefficient (Wildman–Crippen LogP) is -0.696. The van der Waals surface area contributed by atoms with Crippen molar-refractivity contribution in [3.05, 3.63) is 0 Å². The lowest BCUT2D eigenvalue weighted by atomic mass is 10.3. The average Bonchev–Trinajstić information content (AvgIpc) is 1.83. The van der Waals surface area contributed by atoms with Crippen LogP contribution in [-0.4, -0.2) is 30.3 Å². The van der Waals surface area contributed by atoms with Crippen LogP contribution in [0.1, 0.15) is 13.8 Å². The molecule has 0 heterocycles. The van der Waals surface area contributed by atoms with E-state index < -0.39 is 0 Å². The van der Waals surface area contributed by atoms with E-state index in [-0.39, 0.29) is 12.6 Å². The third-order valence-corrected chi connectivity index (χ3v) is 1.02. The lowest BCUT2D eigenvalue weighted by molar-refractivity contribution is 0.260. The lowest BCUT2D eigenvalue weighted by Gasteiger charge is -2.11. The molecule has 0 amide bonds. The first-order valence-corrected chi connectivity index (χ1v) is 3.26. The molecule has 0 aliphatic carbocycles. The highest BCUT2D eigenvalue weighted by atomic mass is 16.3. The summed E-state index contributed by atoms with van der Waals surface area (Å²) < 4.78 is 0. The number of rotatable bonds is 4. The number of nitrogens with one attached hydrogen (secondary N) is 1. The van der Waals surface area contributed by atoms with Gasteiger partial charge in [-0.25, -0.2) is 0 Å². The van der Waals surface area contributed by atoms with Gasteiger partial charge in [0.25, 0.3) is 0 Å². The van der Waals surface area contributed by atoms with Gasteiger partial charge in [-0.15, -0.1) is 0 Å². The number of nitrogens with two attached hydrogens (primary N) is 1. The number of aliphatic hydroxyl groups excluding tert-OH is 1. The summed E-state index contributed by atoms with van der Waals surface area (Å²) in [4.78, 5) is 0. The van der Waals surface area contributed by atoms with Crippen molar-refractivity contribution in [3.63, 3.8) is 0 Å². The van der Waals surface area contributed by atoms with E-state index in [1.807, 2.05) is 13.8 Å². The van der Waals surface area contributed by atoms with E-state index in [1.165, 1.54) is 0 Å². The summed E-state index contributed by atoms with van der Waals surface area (Å²) in [7, 11) is 0. The molecule has 0 fully saturated rings. The molecule has 0 aromatic carbocycles. The van der Waals surface area contributed by atoms with Crippen molar-refractivity contribution in [1.29, 1.82) is 0 Å². The monoisotopic (exact) mass is 132 g/mol. The zero-order chi connectivity index (χ0) is 7.28. The van der Waals surface area contributed by atoms with Crippen LogP contribution < -0.4 is 11.1 Å². The molecule has 0 unspecified atom stereocenters. The fourth-order valence-electron chi connectivity index (χ4n) is 0.452. The van der Waals surface area contributed by atoms with E-state index in [4.69, 9.17) is 10.8 Å². The quantitative estimate of drug-likeness (QED) is 0.474. The minimum atomic E-state index is -0.118. The molecule has 3 nitrogen and oxygen atoms in total. The van der Waals surface area contributed by atoms with Crippen molar-refractivity contribution in [2.45, 2.75) is 25.9 Å². The van der Waals surface area contributed by atoms with Gasteiger partial charge < -0.3 is 16.2 Å². The first-order valence-electron chi connectivity index (χ1n) is 3.26. The van der Waals surface area contributed by atoms with Gasteiger partial charge in [-0.05, 0) is 0 Å². The number of hydrogen-bond acceptors (Lipinski definition) is 3. The topological polar surface area (TPSA) is 58.3 Å². The van der Waals surface area contributed by atoms with Gasteiger partial charge in [-0.3, -0.25) is 0 Å². The first kappa shape index (κ1) is 8.88. The van der Waals surface area contributed by atoms with Crippen LogP contribution in [0.2, 0.25) is 0 Å². The van der Waals surface area contributed by atoms with E-state index in [9.17, 15) is 0 Å². The molecule has 0 saturated heterocycles. The maximum absolute atomic E-state index is 8.48. The van der Waals surface area contributed by atoms with Crippen molar-refractivity contribution in [1.82, 2.24) is 5.32 Å². The summed E-state index contributed by atoms with van der Waals surface area (Å²) in [5.41, 5.74) is 5.41. The predicted molar refractivity (Wildman–Crippen MR) is 38.2 cm³/mol. The molecule has 0 aromatic rings. The van der Waals surface area contributed by atoms with Gasteiger partial charge >= 0.3 is 0 Å². The van der Waals surface area contributed by atoms with Crippen LogP contribution in [0.5, 0.6) is 0 Å². The van der Waals surface area contributed by atoms with Gasteiger partial charge in [0.05, 0.1) is 6.61 Å². The minimum absolute atomic E-state index is 0.0553. The summed E-state index contributed by atoms with van der Waals surface area (Å²) in [5, 5.41) is 11.6. The Balaban J connectivity index is 3.06. The molecular weight excluding hydrogens is 116 g/mol. The second-order valence-corrected chi connectivity index (χ2v) is 2.51. The molecule has 0 bridgehead atoms. The SMILES string of the molecule is CC(C)NC[C@@H](N)CO. The average molecular weight is 132 g/mol. The Morgan fingerprint density at radius 3 is 2.44 bits per heavy atom. The fraction of sp³-hybridized carbons (Fsp3) is 1.00. The highest BCUT2D eigenvalue weighted by Gasteiger charge is 1.99. The molecule has 0 aliphatic heterocycles. The lowest BCUT2D eigenvalue weighted by Crippen LogP contribution is -2.39. The van der Waals surface area contributed by atoms with Gasteiger partial charge in [0.15, 0.2) is 0 Å². The van der Waals surface area contributed by atoms with Crippen LogP contribution >= 0.6 is 0 Å². The molecule has 4 N–H and O–H groups in total. The molecule has 0 radical (unpaired) electrons. The number of hydrogen-bond donors (Lipinski definition) is 3. The van der Waals surface area contributed by atoms with Crippen molar-refractivity contribution in [3.8, 4) is 0 Å². The van der Waals surface area contributed by atoms with E-state index in [2.05, 4.69) is 5.32 Å². The maximum Gasteiger partial charge on any atom is 0.0594 e. The van der Waals surface area contributed by atoms with Crippen LogP contribution in [0.4, 0.5) is 0 Å². The van der Waals surface area contributed by atoms with Gasteiger partial charge in [0, 0.05) is 18.6 Å². The van der Waals surface area contributed by atoms with Crippen molar-refractivity contribution < 1.29 is 5.11 Å². The van der Waals surface area contributed by atoms with Crippen molar-refractivity contribution in [2.24, 2.45) is 5.73 Å². The van der Waals surface area contributed by atoms with E-state index in [0.29, 0.717) is 12.6 Å². The molecule has 9 heavy (non-hydrogen) atoms. The van der Waals surface area contributed by atoms with Crippen LogP contribution in [0.15, 0.2) is 0 Å². The standard InChI is InChI=1S/C6H16N2O/c1-5(2)8-3-6(7)4-9/h5-6,8-9H,3-4,7H2,1-2H3/t6-/m1/s1. The summed E-state index contributed by atoms with van der Waals surface area (Å²) in [5.74, 6) is 0. The molecular formula is C6H16N2O. The Labute approximate surface area is 56.2 Å². The van der Waals surface area contributed by atoms with Crippen molar-refractivity contribution in [2.75, 3.05) is 13.2 Å². The molecule has 3 heteroatoms. The van der Waals surface area contributed by atoms with Gasteiger partial charge in [0.2, 0.25) is 0 Å². The van der Waals surface area contributed by atoms with Gasteiger partial charge in [0.1, 0.15) is 0 Å². The molecule has 0 aliphatic rings. The van der Waals surface area contributed by atoms with Crippen LogP contribution in [-0.2, 0) is 0 Å². The highest BCUT2D eigenvalue weighted by Crippen LogP contribution is 1.77. The fourth-order valence-corrected chi connectivity index (χ4v) is 0.452. The first-order chi connectivity index (χ1) is 4.16. The minimum Gasteiger partial charge on any atom is -0.395 e. The third-order valence-electron chi connectivity index (χ3n) is 1.02. The molecule has 0 spiro atoms. The number of aliphatic hydroxyl groups is 1. The summed E-state index contributed by atoms with van der Waals surface area (Å²) in [6, 6.07) is 0.329. The zero-order valence-corrected chi connectivity index (χ0v) is 6.09. The van der Waals surface area contributed by atoms with E-state index >= 15 is 0 Å². The Kier molecular flexibility index (Phi) is 4.67. The van der Waals surface area contributed by atoms with Crippen LogP contribution in [0.3, 0.4) is 0 Å². The van der Waals surface area contributed by atoms with Crippen molar-refractivity contribution >= 4 is 0 Å². The molecule has 0 aromatic heterocycles.